The molecule has 0 aliphatic carbocycles. The Morgan fingerprint density at radius 1 is 1.22 bits per heavy atom. The van der Waals surface area contributed by atoms with Gasteiger partial charge in [0, 0.05) is 37.2 Å². The molecule has 2 N–H and O–H groups in total. The zero-order chi connectivity index (χ0) is 29.6. The standard InChI is InChI=1S/C29H32F3N7O2/c1-5-19(27(40)36-21-10-8-9-20(14-21)29(30,31)32)13-23(18(2)3)37-26-25-24(34-17-35-26)15-33-28(38-25)39(4)16-22-11-6-7-12-41-22/h5,8-10,13-15,17,22H,2,6-7,11-12,16H2,1,3-4H3,(H,36,40)(H,34,35,37)/b19-5+,23-13+. The maximum atomic E-state index is 13.1. The third-order valence-corrected chi connectivity index (χ3v) is 6.49. The van der Waals surface area contributed by atoms with Crippen molar-refractivity contribution in [3.8, 4) is 0 Å². The Balaban J connectivity index is 1.57. The van der Waals surface area contributed by atoms with Crippen molar-refractivity contribution in [3.05, 3.63) is 77.9 Å². The molecule has 3 heterocycles. The van der Waals surface area contributed by atoms with E-state index in [-0.39, 0.29) is 17.4 Å². The fraction of sp³-hybridized carbons (Fsp3) is 0.345. The molecule has 1 amide bonds. The minimum Gasteiger partial charge on any atom is -0.376 e. The van der Waals surface area contributed by atoms with Gasteiger partial charge in [-0.1, -0.05) is 18.7 Å². The summed E-state index contributed by atoms with van der Waals surface area (Å²) in [7, 11) is 1.90. The highest BCUT2D eigenvalue weighted by Crippen LogP contribution is 2.31. The molecule has 1 aromatic carbocycles. The van der Waals surface area contributed by atoms with Crippen molar-refractivity contribution >= 4 is 34.4 Å². The zero-order valence-electron chi connectivity index (χ0n) is 23.1. The lowest BCUT2D eigenvalue weighted by molar-refractivity contribution is -0.137. The molecule has 0 bridgehead atoms. The van der Waals surface area contributed by atoms with Crippen LogP contribution in [0.5, 0.6) is 0 Å². The van der Waals surface area contributed by atoms with E-state index in [0.29, 0.717) is 40.6 Å². The number of aromatic nitrogens is 4. The molecule has 9 nitrogen and oxygen atoms in total. The molecule has 1 saturated heterocycles. The average Bonchev–Trinajstić information content (AvgIpc) is 2.95. The summed E-state index contributed by atoms with van der Waals surface area (Å²) < 4.78 is 45.2. The summed E-state index contributed by atoms with van der Waals surface area (Å²) in [5.41, 5.74) is 1.40. The van der Waals surface area contributed by atoms with Crippen molar-refractivity contribution in [1.82, 2.24) is 19.9 Å². The van der Waals surface area contributed by atoms with Crippen LogP contribution >= 0.6 is 0 Å². The first-order chi connectivity index (χ1) is 19.5. The molecule has 4 rings (SSSR count). The zero-order valence-corrected chi connectivity index (χ0v) is 23.1. The van der Waals surface area contributed by atoms with E-state index in [1.807, 2.05) is 11.9 Å². The van der Waals surface area contributed by atoms with E-state index in [4.69, 9.17) is 9.72 Å². The maximum absolute atomic E-state index is 13.1. The molecule has 0 saturated carbocycles. The number of alkyl halides is 3. The molecule has 1 aliphatic rings. The number of hydrogen-bond acceptors (Lipinski definition) is 8. The molecule has 216 valence electrons. The van der Waals surface area contributed by atoms with Crippen LogP contribution in [-0.4, -0.2) is 52.1 Å². The smallest absolute Gasteiger partial charge is 0.376 e. The molecule has 1 unspecified atom stereocenters. The summed E-state index contributed by atoms with van der Waals surface area (Å²) in [6, 6.07) is 4.45. The lowest BCUT2D eigenvalue weighted by Gasteiger charge is -2.27. The van der Waals surface area contributed by atoms with Gasteiger partial charge in [-0.15, -0.1) is 0 Å². The lowest BCUT2D eigenvalue weighted by Crippen LogP contribution is -2.34. The number of benzene rings is 1. The van der Waals surface area contributed by atoms with Crippen molar-refractivity contribution in [2.45, 2.75) is 45.4 Å². The minimum absolute atomic E-state index is 0.0242. The van der Waals surface area contributed by atoms with Gasteiger partial charge in [0.1, 0.15) is 17.4 Å². The van der Waals surface area contributed by atoms with E-state index < -0.39 is 17.6 Å². The summed E-state index contributed by atoms with van der Waals surface area (Å²) in [5, 5.41) is 5.71. The summed E-state index contributed by atoms with van der Waals surface area (Å²) in [4.78, 5) is 32.7. The highest BCUT2D eigenvalue weighted by atomic mass is 19.4. The predicted molar refractivity (Wildman–Crippen MR) is 152 cm³/mol. The van der Waals surface area contributed by atoms with Crippen LogP contribution in [0.2, 0.25) is 0 Å². The fourth-order valence-corrected chi connectivity index (χ4v) is 4.26. The van der Waals surface area contributed by atoms with Crippen molar-refractivity contribution in [2.24, 2.45) is 0 Å². The van der Waals surface area contributed by atoms with Gasteiger partial charge in [0.2, 0.25) is 5.95 Å². The molecule has 1 atom stereocenters. The number of fused-ring (bicyclic) bond motifs is 1. The summed E-state index contributed by atoms with van der Waals surface area (Å²) >= 11 is 0. The first-order valence-electron chi connectivity index (χ1n) is 13.1. The Morgan fingerprint density at radius 3 is 2.71 bits per heavy atom. The molecular formula is C29H32F3N7O2. The van der Waals surface area contributed by atoms with Crippen LogP contribution < -0.4 is 15.5 Å². The second-order valence-corrected chi connectivity index (χ2v) is 9.74. The lowest BCUT2D eigenvalue weighted by atomic mass is 10.1. The number of hydrogen-bond donors (Lipinski definition) is 2. The van der Waals surface area contributed by atoms with Gasteiger partial charge in [0.25, 0.3) is 5.91 Å². The second kappa shape index (κ2) is 12.9. The highest BCUT2D eigenvalue weighted by Gasteiger charge is 2.30. The van der Waals surface area contributed by atoms with Gasteiger partial charge in [0.05, 0.1) is 17.9 Å². The highest BCUT2D eigenvalue weighted by molar-refractivity contribution is 6.06. The van der Waals surface area contributed by atoms with E-state index in [1.54, 1.807) is 32.2 Å². The van der Waals surface area contributed by atoms with Crippen LogP contribution in [0.1, 0.15) is 38.7 Å². The van der Waals surface area contributed by atoms with Crippen molar-refractivity contribution in [1.29, 1.82) is 0 Å². The quantitative estimate of drug-likeness (QED) is 0.243. The monoisotopic (exact) mass is 567 g/mol. The Kier molecular flexibility index (Phi) is 9.33. The number of anilines is 3. The Bertz CT molecular complexity index is 1480. The molecule has 0 spiro atoms. The van der Waals surface area contributed by atoms with Crippen molar-refractivity contribution in [2.75, 3.05) is 35.7 Å². The van der Waals surface area contributed by atoms with Crippen LogP contribution in [0.3, 0.4) is 0 Å². The van der Waals surface area contributed by atoms with Gasteiger partial charge >= 0.3 is 6.18 Å². The van der Waals surface area contributed by atoms with Crippen LogP contribution in [0, 0.1) is 0 Å². The number of halogens is 3. The molecular weight excluding hydrogens is 535 g/mol. The number of allylic oxidation sites excluding steroid dienone is 2. The molecule has 1 aliphatic heterocycles. The van der Waals surface area contributed by atoms with Gasteiger partial charge in [-0.2, -0.15) is 13.2 Å². The van der Waals surface area contributed by atoms with E-state index in [2.05, 4.69) is 32.2 Å². The van der Waals surface area contributed by atoms with Crippen LogP contribution in [0.25, 0.3) is 11.0 Å². The van der Waals surface area contributed by atoms with Crippen LogP contribution in [-0.2, 0) is 15.7 Å². The number of amides is 1. The largest absolute Gasteiger partial charge is 0.416 e. The third kappa shape index (κ3) is 7.66. The Morgan fingerprint density at radius 2 is 2.02 bits per heavy atom. The number of carbonyl (C=O) groups is 1. The summed E-state index contributed by atoms with van der Waals surface area (Å²) in [6.45, 7) is 8.79. The topological polar surface area (TPSA) is 105 Å². The molecule has 2 aromatic heterocycles. The van der Waals surface area contributed by atoms with Crippen molar-refractivity contribution < 1.29 is 22.7 Å². The molecule has 1 fully saturated rings. The average molecular weight is 568 g/mol. The first kappa shape index (κ1) is 29.7. The van der Waals surface area contributed by atoms with Crippen molar-refractivity contribution in [3.63, 3.8) is 0 Å². The molecule has 41 heavy (non-hydrogen) atoms. The Hall–Kier alpha value is -4.32. The van der Waals surface area contributed by atoms with Gasteiger partial charge in [-0.25, -0.2) is 19.9 Å². The number of nitrogens with zero attached hydrogens (tertiary/aromatic N) is 5. The minimum atomic E-state index is -4.52. The first-order valence-corrected chi connectivity index (χ1v) is 13.1. The van der Waals surface area contributed by atoms with Gasteiger partial charge in [-0.3, -0.25) is 4.79 Å². The predicted octanol–water partition coefficient (Wildman–Crippen LogP) is 5.90. The fourth-order valence-electron chi connectivity index (χ4n) is 4.26. The normalized spacial score (nSPS) is 16.4. The number of carbonyl (C=O) groups excluding carboxylic acids is 1. The number of likely N-dealkylation sites (N-methyl/N-ethyl adjacent to an activating group) is 1. The van der Waals surface area contributed by atoms with Gasteiger partial charge < -0.3 is 20.3 Å². The van der Waals surface area contributed by atoms with Crippen LogP contribution in [0.4, 0.5) is 30.6 Å². The van der Waals surface area contributed by atoms with Crippen LogP contribution in [0.15, 0.2) is 72.4 Å². The summed E-state index contributed by atoms with van der Waals surface area (Å²) in [6.07, 6.45) is 4.85. The maximum Gasteiger partial charge on any atom is 0.416 e. The summed E-state index contributed by atoms with van der Waals surface area (Å²) in [5.74, 6) is 0.278. The SMILES string of the molecule is C=C(C)/C(=C\C(=C/C)C(=O)Nc1cccc(C(F)(F)F)c1)Nc1ncnc2cnc(N(C)CC3CCCCO3)nc12. The number of ether oxygens (including phenoxy) is 1. The second-order valence-electron chi connectivity index (χ2n) is 9.74. The molecule has 0 radical (unpaired) electrons. The van der Waals surface area contributed by atoms with E-state index in [9.17, 15) is 18.0 Å². The Labute approximate surface area is 236 Å². The van der Waals surface area contributed by atoms with E-state index in [1.165, 1.54) is 18.5 Å². The molecule has 3 aromatic rings. The van der Waals surface area contributed by atoms with E-state index in [0.717, 1.165) is 38.0 Å². The van der Waals surface area contributed by atoms with E-state index >= 15 is 0 Å². The number of rotatable bonds is 9. The third-order valence-electron chi connectivity index (χ3n) is 6.49. The van der Waals surface area contributed by atoms with Gasteiger partial charge in [-0.05, 0) is 63.0 Å². The molecule has 12 heteroatoms. The number of nitrogens with one attached hydrogen (secondary N) is 2. The van der Waals surface area contributed by atoms with Gasteiger partial charge in [0.15, 0.2) is 5.82 Å².